The van der Waals surface area contributed by atoms with Gasteiger partial charge in [0.25, 0.3) is 0 Å². The van der Waals surface area contributed by atoms with Crippen molar-refractivity contribution in [3.8, 4) is 0 Å². The third kappa shape index (κ3) is 6.87. The number of rotatable bonds is 13. The molecule has 38 heavy (non-hydrogen) atoms. The summed E-state index contributed by atoms with van der Waals surface area (Å²) in [5, 5.41) is 32.8. The van der Waals surface area contributed by atoms with Crippen LogP contribution < -0.4 is 0 Å². The summed E-state index contributed by atoms with van der Waals surface area (Å²) in [7, 11) is 0. The number of unbranched alkanes of at least 4 members (excludes halogenated alkanes) is 2. The maximum atomic E-state index is 12.7. The number of esters is 2. The van der Waals surface area contributed by atoms with Gasteiger partial charge in [0.2, 0.25) is 0 Å². The zero-order chi connectivity index (χ0) is 28.7. The van der Waals surface area contributed by atoms with Gasteiger partial charge in [-0.05, 0) is 57.4 Å². The number of hydrogen-bond acceptors (Lipinski definition) is 7. The summed E-state index contributed by atoms with van der Waals surface area (Å²) < 4.78 is 11.7. The monoisotopic (exact) mass is 536 g/mol. The second-order valence-corrected chi connectivity index (χ2v) is 11.9. The zero-order valence-corrected chi connectivity index (χ0v) is 23.9. The number of aliphatic carboxylic acids is 1. The van der Waals surface area contributed by atoms with Crippen molar-refractivity contribution in [2.75, 3.05) is 6.61 Å². The molecule has 0 aliphatic heterocycles. The van der Waals surface area contributed by atoms with Crippen molar-refractivity contribution >= 4 is 17.9 Å². The van der Waals surface area contributed by atoms with Crippen LogP contribution in [0.4, 0.5) is 0 Å². The molecule has 2 aliphatic rings. The normalized spacial score (nSPS) is 33.4. The number of carbonyl (C=O) groups is 3. The fourth-order valence-corrected chi connectivity index (χ4v) is 6.78. The van der Waals surface area contributed by atoms with Gasteiger partial charge >= 0.3 is 17.9 Å². The van der Waals surface area contributed by atoms with E-state index in [2.05, 4.69) is 6.58 Å². The predicted octanol–water partition coefficient (Wildman–Crippen LogP) is 5.11. The van der Waals surface area contributed by atoms with Gasteiger partial charge in [-0.3, -0.25) is 9.59 Å². The van der Waals surface area contributed by atoms with Gasteiger partial charge < -0.3 is 24.8 Å². The standard InChI is InChI=1S/C30H48O8/c1-7-9-11-25(34)37-19-28(5)23(38-26(35)12-10-8-2)14-15-29(6)27(28)22(31)18-21(4)30(29,36)16-13-20(3)17-24(32)33/h17,22-23,27,31,36H,4,7-16,18-19H2,1-3,5-6H3,(H,32,33). The van der Waals surface area contributed by atoms with E-state index in [4.69, 9.17) is 14.6 Å². The van der Waals surface area contributed by atoms with Gasteiger partial charge in [-0.15, -0.1) is 0 Å². The van der Waals surface area contributed by atoms with Crippen molar-refractivity contribution in [1.29, 1.82) is 0 Å². The van der Waals surface area contributed by atoms with Crippen LogP contribution in [0.15, 0.2) is 23.8 Å². The second-order valence-electron chi connectivity index (χ2n) is 11.9. The molecule has 0 bridgehead atoms. The first-order valence-electron chi connectivity index (χ1n) is 14.1. The van der Waals surface area contributed by atoms with E-state index in [9.17, 15) is 24.6 Å². The van der Waals surface area contributed by atoms with Crippen molar-refractivity contribution in [2.24, 2.45) is 16.7 Å². The van der Waals surface area contributed by atoms with Crippen LogP contribution in [-0.4, -0.2) is 57.6 Å². The highest BCUT2D eigenvalue weighted by Crippen LogP contribution is 2.64. The third-order valence-corrected chi connectivity index (χ3v) is 8.97. The quantitative estimate of drug-likeness (QED) is 0.168. The summed E-state index contributed by atoms with van der Waals surface area (Å²) in [4.78, 5) is 36.3. The van der Waals surface area contributed by atoms with Crippen molar-refractivity contribution < 1.29 is 39.2 Å². The van der Waals surface area contributed by atoms with Crippen LogP contribution in [0, 0.1) is 16.7 Å². The highest BCUT2D eigenvalue weighted by molar-refractivity contribution is 5.80. The fraction of sp³-hybridized carbons (Fsp3) is 0.767. The van der Waals surface area contributed by atoms with Gasteiger partial charge in [0.05, 0.1) is 11.7 Å². The zero-order valence-electron chi connectivity index (χ0n) is 23.9. The average Bonchev–Trinajstić information content (AvgIpc) is 2.84. The summed E-state index contributed by atoms with van der Waals surface area (Å²) in [6, 6.07) is 0. The molecule has 2 rings (SSSR count). The van der Waals surface area contributed by atoms with Crippen LogP contribution in [0.2, 0.25) is 0 Å². The molecule has 216 valence electrons. The SMILES string of the molecule is C=C1CC(O)C2C(C)(COC(=O)CCCC)C(OC(=O)CCCC)CCC2(C)C1(O)CCC(C)=CC(=O)O. The first-order chi connectivity index (χ1) is 17.7. The molecular formula is C30H48O8. The Balaban J connectivity index is 2.46. The number of carboxylic acid groups (broad SMARTS) is 1. The van der Waals surface area contributed by atoms with E-state index in [-0.39, 0.29) is 37.8 Å². The molecule has 6 unspecified atom stereocenters. The van der Waals surface area contributed by atoms with E-state index >= 15 is 0 Å². The molecule has 0 radical (unpaired) electrons. The highest BCUT2D eigenvalue weighted by atomic mass is 16.6. The summed E-state index contributed by atoms with van der Waals surface area (Å²) in [6.45, 7) is 13.6. The maximum Gasteiger partial charge on any atom is 0.328 e. The Morgan fingerprint density at radius 3 is 2.26 bits per heavy atom. The van der Waals surface area contributed by atoms with Gasteiger partial charge in [-0.1, -0.05) is 52.7 Å². The number of carbonyl (C=O) groups excluding carboxylic acids is 2. The molecule has 0 amide bonds. The van der Waals surface area contributed by atoms with Gasteiger partial charge in [-0.2, -0.15) is 0 Å². The van der Waals surface area contributed by atoms with Crippen LogP contribution >= 0.6 is 0 Å². The van der Waals surface area contributed by atoms with Crippen molar-refractivity contribution in [2.45, 2.75) is 123 Å². The van der Waals surface area contributed by atoms with E-state index in [1.807, 2.05) is 27.7 Å². The summed E-state index contributed by atoms with van der Waals surface area (Å²) in [5.74, 6) is -2.26. The fourth-order valence-electron chi connectivity index (χ4n) is 6.78. The Morgan fingerprint density at radius 2 is 1.68 bits per heavy atom. The van der Waals surface area contributed by atoms with E-state index in [1.165, 1.54) is 0 Å². The van der Waals surface area contributed by atoms with Crippen LogP contribution in [0.25, 0.3) is 0 Å². The van der Waals surface area contributed by atoms with Crippen LogP contribution in [0.5, 0.6) is 0 Å². The number of hydrogen-bond donors (Lipinski definition) is 3. The third-order valence-electron chi connectivity index (χ3n) is 8.97. The Kier molecular flexibility index (Phi) is 11.2. The van der Waals surface area contributed by atoms with E-state index < -0.39 is 40.5 Å². The molecule has 6 atom stereocenters. The molecule has 0 saturated heterocycles. The van der Waals surface area contributed by atoms with Gasteiger partial charge in [0, 0.05) is 35.7 Å². The minimum absolute atomic E-state index is 0.0426. The van der Waals surface area contributed by atoms with Crippen molar-refractivity contribution in [3.05, 3.63) is 23.8 Å². The smallest absolute Gasteiger partial charge is 0.328 e. The van der Waals surface area contributed by atoms with Crippen molar-refractivity contribution in [1.82, 2.24) is 0 Å². The largest absolute Gasteiger partial charge is 0.478 e. The molecule has 8 nitrogen and oxygen atoms in total. The summed E-state index contributed by atoms with van der Waals surface area (Å²) in [6.07, 6.45) is 4.98. The lowest BCUT2D eigenvalue weighted by Crippen LogP contribution is -2.68. The summed E-state index contributed by atoms with van der Waals surface area (Å²) >= 11 is 0. The number of fused-ring (bicyclic) bond motifs is 1. The number of allylic oxidation sites excluding steroid dienone is 1. The Hall–Kier alpha value is -2.19. The maximum absolute atomic E-state index is 12.7. The molecule has 0 spiro atoms. The second kappa shape index (κ2) is 13.2. The number of carboxylic acids is 1. The summed E-state index contributed by atoms with van der Waals surface area (Å²) in [5.41, 5.74) is -2.09. The van der Waals surface area contributed by atoms with Crippen molar-refractivity contribution in [3.63, 3.8) is 0 Å². The molecule has 2 saturated carbocycles. The molecule has 2 fully saturated rings. The van der Waals surface area contributed by atoms with Gasteiger partial charge in [-0.25, -0.2) is 4.79 Å². The van der Waals surface area contributed by atoms with Crippen LogP contribution in [-0.2, 0) is 23.9 Å². The lowest BCUT2D eigenvalue weighted by molar-refractivity contribution is -0.242. The number of aliphatic hydroxyl groups excluding tert-OH is 1. The van der Waals surface area contributed by atoms with E-state index in [0.717, 1.165) is 18.9 Å². The van der Waals surface area contributed by atoms with E-state index in [1.54, 1.807) is 6.92 Å². The minimum Gasteiger partial charge on any atom is -0.478 e. The first-order valence-corrected chi connectivity index (χ1v) is 14.1. The molecule has 0 aromatic rings. The van der Waals surface area contributed by atoms with E-state index in [0.29, 0.717) is 49.7 Å². The Morgan fingerprint density at radius 1 is 1.08 bits per heavy atom. The molecule has 2 aliphatic carbocycles. The lowest BCUT2D eigenvalue weighted by Gasteiger charge is -2.64. The Labute approximate surface area is 227 Å². The van der Waals surface area contributed by atoms with Crippen LogP contribution in [0.1, 0.15) is 105 Å². The first kappa shape index (κ1) is 32.0. The average molecular weight is 537 g/mol. The molecule has 3 N–H and O–H groups in total. The molecule has 0 aromatic heterocycles. The predicted molar refractivity (Wildman–Crippen MR) is 144 cm³/mol. The van der Waals surface area contributed by atoms with Gasteiger partial charge in [0.1, 0.15) is 12.7 Å². The number of aliphatic hydroxyl groups is 2. The highest BCUT2D eigenvalue weighted by Gasteiger charge is 2.67. The minimum atomic E-state index is -1.39. The number of ether oxygens (including phenoxy) is 2. The lowest BCUT2D eigenvalue weighted by atomic mass is 9.43. The molecular weight excluding hydrogens is 488 g/mol. The molecule has 8 heteroatoms. The van der Waals surface area contributed by atoms with Gasteiger partial charge in [0.15, 0.2) is 0 Å². The Bertz CT molecular complexity index is 910. The topological polar surface area (TPSA) is 130 Å². The molecule has 0 heterocycles. The van der Waals surface area contributed by atoms with Crippen LogP contribution in [0.3, 0.4) is 0 Å². The molecule has 0 aromatic carbocycles.